The number of thiazole rings is 1. The number of guanidine groups is 1. The lowest BCUT2D eigenvalue weighted by Gasteiger charge is -2.18. The molecule has 24 heavy (non-hydrogen) atoms. The van der Waals surface area contributed by atoms with E-state index in [1.54, 1.807) is 30.4 Å². The Kier molecular flexibility index (Phi) is 8.61. The highest BCUT2D eigenvalue weighted by atomic mass is 127. The van der Waals surface area contributed by atoms with Crippen molar-refractivity contribution < 1.29 is 4.39 Å². The molecule has 2 N–H and O–H groups in total. The third-order valence-corrected chi connectivity index (χ3v) is 4.54. The van der Waals surface area contributed by atoms with E-state index in [1.165, 1.54) is 0 Å². The second-order valence-corrected chi connectivity index (χ2v) is 6.37. The molecule has 0 radical (unpaired) electrons. The first-order valence-corrected chi connectivity index (χ1v) is 8.59. The molecule has 1 atom stereocenters. The minimum Gasteiger partial charge on any atom is -0.357 e. The predicted octanol–water partition coefficient (Wildman–Crippen LogP) is 4.33. The average Bonchev–Trinajstić information content (AvgIpc) is 2.93. The van der Waals surface area contributed by atoms with E-state index in [0.29, 0.717) is 18.1 Å². The van der Waals surface area contributed by atoms with Crippen molar-refractivity contribution >= 4 is 41.3 Å². The van der Waals surface area contributed by atoms with Crippen LogP contribution in [-0.2, 0) is 6.54 Å². The van der Waals surface area contributed by atoms with Crippen LogP contribution in [-0.4, -0.2) is 17.5 Å². The van der Waals surface area contributed by atoms with Crippen LogP contribution in [0.4, 0.5) is 4.39 Å². The highest BCUT2D eigenvalue weighted by molar-refractivity contribution is 14.0. The van der Waals surface area contributed by atoms with Gasteiger partial charge in [0.1, 0.15) is 5.82 Å². The first-order valence-electron chi connectivity index (χ1n) is 7.71. The predicted molar refractivity (Wildman–Crippen MR) is 110 cm³/mol. The molecule has 4 nitrogen and oxygen atoms in total. The molecule has 0 saturated heterocycles. The van der Waals surface area contributed by atoms with Gasteiger partial charge in [-0.1, -0.05) is 12.1 Å². The first kappa shape index (κ1) is 20.8. The van der Waals surface area contributed by atoms with Crippen LogP contribution in [0.3, 0.4) is 0 Å². The van der Waals surface area contributed by atoms with Gasteiger partial charge >= 0.3 is 0 Å². The molecular weight excluding hydrogens is 438 g/mol. The molecular formula is C17H24FIN4S. The number of hydrogen-bond acceptors (Lipinski definition) is 3. The van der Waals surface area contributed by atoms with E-state index in [4.69, 9.17) is 0 Å². The zero-order chi connectivity index (χ0) is 16.8. The molecule has 1 aromatic heterocycles. The molecule has 0 fully saturated rings. The summed E-state index contributed by atoms with van der Waals surface area (Å²) in [5, 5.41) is 6.54. The maximum atomic E-state index is 13.7. The monoisotopic (exact) mass is 462 g/mol. The molecule has 1 heterocycles. The van der Waals surface area contributed by atoms with E-state index >= 15 is 0 Å². The first-order chi connectivity index (χ1) is 11.0. The maximum Gasteiger partial charge on any atom is 0.192 e. The van der Waals surface area contributed by atoms with Crippen LogP contribution in [0.25, 0.3) is 0 Å². The van der Waals surface area contributed by atoms with Crippen LogP contribution in [0.5, 0.6) is 0 Å². The van der Waals surface area contributed by atoms with Gasteiger partial charge < -0.3 is 10.6 Å². The SMILES string of the molecule is CCNC(=NCc1scnc1C)NC(C)c1ccc(C)c(F)c1.I. The van der Waals surface area contributed by atoms with Gasteiger partial charge in [0.25, 0.3) is 0 Å². The summed E-state index contributed by atoms with van der Waals surface area (Å²) in [7, 11) is 0. The van der Waals surface area contributed by atoms with Gasteiger partial charge in [0, 0.05) is 11.4 Å². The van der Waals surface area contributed by atoms with Crippen molar-refractivity contribution in [3.05, 3.63) is 51.2 Å². The molecule has 1 unspecified atom stereocenters. The van der Waals surface area contributed by atoms with Gasteiger partial charge in [-0.2, -0.15) is 0 Å². The summed E-state index contributed by atoms with van der Waals surface area (Å²) in [5.41, 5.74) is 4.40. The fraction of sp³-hybridized carbons (Fsp3) is 0.412. The number of aryl methyl sites for hydroxylation is 2. The largest absolute Gasteiger partial charge is 0.357 e. The van der Waals surface area contributed by atoms with E-state index in [1.807, 2.05) is 32.3 Å². The minimum absolute atomic E-state index is 0. The quantitative estimate of drug-likeness (QED) is 0.395. The molecule has 2 rings (SSSR count). The fourth-order valence-corrected chi connectivity index (χ4v) is 2.82. The Morgan fingerprint density at radius 2 is 2.12 bits per heavy atom. The molecule has 0 amide bonds. The number of aromatic nitrogens is 1. The van der Waals surface area contributed by atoms with Crippen molar-refractivity contribution in [3.8, 4) is 0 Å². The van der Waals surface area contributed by atoms with E-state index < -0.39 is 0 Å². The molecule has 1 aromatic carbocycles. The summed E-state index contributed by atoms with van der Waals surface area (Å²) in [5.74, 6) is 0.534. The zero-order valence-corrected chi connectivity index (χ0v) is 17.5. The Morgan fingerprint density at radius 3 is 2.71 bits per heavy atom. The second kappa shape index (κ2) is 9.93. The Labute approximate surface area is 164 Å². The van der Waals surface area contributed by atoms with Crippen molar-refractivity contribution in [2.45, 2.75) is 40.3 Å². The number of nitrogens with zero attached hydrogens (tertiary/aromatic N) is 2. The third kappa shape index (κ3) is 5.70. The van der Waals surface area contributed by atoms with E-state index in [0.717, 1.165) is 22.7 Å². The number of hydrogen-bond donors (Lipinski definition) is 2. The molecule has 0 aliphatic carbocycles. The Morgan fingerprint density at radius 1 is 1.38 bits per heavy atom. The van der Waals surface area contributed by atoms with Gasteiger partial charge in [-0.3, -0.25) is 0 Å². The highest BCUT2D eigenvalue weighted by Gasteiger charge is 2.10. The Balaban J connectivity index is 0.00000288. The Bertz CT molecular complexity index is 687. The van der Waals surface area contributed by atoms with Gasteiger partial charge in [-0.25, -0.2) is 14.4 Å². The van der Waals surface area contributed by atoms with E-state index in [2.05, 4.69) is 20.6 Å². The summed E-state index contributed by atoms with van der Waals surface area (Å²) in [6, 6.07) is 5.27. The van der Waals surface area contributed by atoms with Gasteiger partial charge in [0.15, 0.2) is 5.96 Å². The summed E-state index contributed by atoms with van der Waals surface area (Å²) in [6.07, 6.45) is 0. The molecule has 7 heteroatoms. The van der Waals surface area contributed by atoms with Crippen LogP contribution < -0.4 is 10.6 Å². The smallest absolute Gasteiger partial charge is 0.192 e. The van der Waals surface area contributed by atoms with Crippen LogP contribution in [0.1, 0.15) is 41.6 Å². The number of halogens is 2. The molecule has 132 valence electrons. The number of benzene rings is 1. The van der Waals surface area contributed by atoms with E-state index in [-0.39, 0.29) is 35.8 Å². The maximum absolute atomic E-state index is 13.7. The molecule has 0 aliphatic heterocycles. The van der Waals surface area contributed by atoms with Crippen molar-refractivity contribution in [2.75, 3.05) is 6.54 Å². The van der Waals surface area contributed by atoms with Crippen molar-refractivity contribution in [2.24, 2.45) is 4.99 Å². The summed E-state index contributed by atoms with van der Waals surface area (Å²) in [4.78, 5) is 9.98. The lowest BCUT2D eigenvalue weighted by atomic mass is 10.1. The summed E-state index contributed by atoms with van der Waals surface area (Å²) >= 11 is 1.61. The fourth-order valence-electron chi connectivity index (χ4n) is 2.12. The van der Waals surface area contributed by atoms with Crippen LogP contribution in [0.2, 0.25) is 0 Å². The normalized spacial score (nSPS) is 12.5. The molecule has 0 bridgehead atoms. The van der Waals surface area contributed by atoms with Crippen LogP contribution in [0.15, 0.2) is 28.7 Å². The lowest BCUT2D eigenvalue weighted by molar-refractivity contribution is 0.607. The van der Waals surface area contributed by atoms with Gasteiger partial charge in [0.05, 0.1) is 23.8 Å². The average molecular weight is 462 g/mol. The lowest BCUT2D eigenvalue weighted by Crippen LogP contribution is -2.38. The molecule has 0 saturated carbocycles. The topological polar surface area (TPSA) is 49.3 Å². The summed E-state index contributed by atoms with van der Waals surface area (Å²) in [6.45, 7) is 9.11. The Hall–Kier alpha value is -1.22. The van der Waals surface area contributed by atoms with Crippen molar-refractivity contribution in [1.82, 2.24) is 15.6 Å². The standard InChI is InChI=1S/C17H23FN4S.HI/c1-5-19-17(20-9-16-13(4)21-10-23-16)22-12(3)14-7-6-11(2)15(18)8-14;/h6-8,10,12H,5,9H2,1-4H3,(H2,19,20,22);1H. The summed E-state index contributed by atoms with van der Waals surface area (Å²) < 4.78 is 13.7. The number of aliphatic imine (C=N–C) groups is 1. The van der Waals surface area contributed by atoms with Gasteiger partial charge in [-0.05, 0) is 44.9 Å². The highest BCUT2D eigenvalue weighted by Crippen LogP contribution is 2.17. The zero-order valence-electron chi connectivity index (χ0n) is 14.4. The van der Waals surface area contributed by atoms with Crippen LogP contribution in [0, 0.1) is 19.7 Å². The third-order valence-electron chi connectivity index (χ3n) is 3.62. The van der Waals surface area contributed by atoms with Gasteiger partial charge in [-0.15, -0.1) is 35.3 Å². The number of nitrogens with one attached hydrogen (secondary N) is 2. The van der Waals surface area contributed by atoms with Crippen LogP contribution >= 0.6 is 35.3 Å². The van der Waals surface area contributed by atoms with Crippen molar-refractivity contribution in [1.29, 1.82) is 0 Å². The number of rotatable bonds is 5. The molecule has 0 spiro atoms. The van der Waals surface area contributed by atoms with E-state index in [9.17, 15) is 4.39 Å². The molecule has 2 aromatic rings. The van der Waals surface area contributed by atoms with Gasteiger partial charge in [0.2, 0.25) is 0 Å². The second-order valence-electron chi connectivity index (χ2n) is 5.43. The van der Waals surface area contributed by atoms with Crippen molar-refractivity contribution in [3.63, 3.8) is 0 Å². The minimum atomic E-state index is -0.182. The molecule has 0 aliphatic rings.